The van der Waals surface area contributed by atoms with E-state index < -0.39 is 0 Å². The molecule has 0 aliphatic heterocycles. The molecule has 0 aromatic heterocycles. The van der Waals surface area contributed by atoms with E-state index in [9.17, 15) is 0 Å². The van der Waals surface area contributed by atoms with E-state index >= 15 is 0 Å². The molecular weight excluding hydrogens is 359 g/mol. The Labute approximate surface area is 136 Å². The Bertz CT molecular complexity index is 680. The lowest BCUT2D eigenvalue weighted by Crippen LogP contribution is -2.07. The van der Waals surface area contributed by atoms with E-state index in [0.29, 0.717) is 15.6 Å². The highest BCUT2D eigenvalue weighted by molar-refractivity contribution is 9.10. The average molecular weight is 370 g/mol. The van der Waals surface area contributed by atoms with E-state index in [2.05, 4.69) is 27.3 Å². The minimum absolute atomic E-state index is 0.0259. The predicted molar refractivity (Wildman–Crippen MR) is 87.4 cm³/mol. The SMILES string of the molecule is CC(Nc1cc(C#N)ccc1Cl)c1ccc(Br)cc1Cl. The van der Waals surface area contributed by atoms with Crippen LogP contribution in [-0.4, -0.2) is 0 Å². The summed E-state index contributed by atoms with van der Waals surface area (Å²) in [5, 5.41) is 13.5. The molecule has 0 spiro atoms. The summed E-state index contributed by atoms with van der Waals surface area (Å²) in [6, 6.07) is 12.9. The van der Waals surface area contributed by atoms with Gasteiger partial charge in [-0.2, -0.15) is 5.26 Å². The molecule has 0 saturated carbocycles. The van der Waals surface area contributed by atoms with Crippen molar-refractivity contribution in [3.8, 4) is 6.07 Å². The van der Waals surface area contributed by atoms with Gasteiger partial charge in [0.05, 0.1) is 28.4 Å². The van der Waals surface area contributed by atoms with Gasteiger partial charge in [0, 0.05) is 9.50 Å². The molecule has 1 atom stereocenters. The minimum Gasteiger partial charge on any atom is -0.377 e. The third-order valence-corrected chi connectivity index (χ3v) is 4.05. The first kappa shape index (κ1) is 15.2. The molecule has 0 amide bonds. The van der Waals surface area contributed by atoms with Gasteiger partial charge >= 0.3 is 0 Å². The molecule has 0 aliphatic rings. The van der Waals surface area contributed by atoms with Gasteiger partial charge in [0.2, 0.25) is 0 Å². The van der Waals surface area contributed by atoms with Gasteiger partial charge in [0.25, 0.3) is 0 Å². The lowest BCUT2D eigenvalue weighted by molar-refractivity contribution is 0.884. The van der Waals surface area contributed by atoms with Crippen LogP contribution in [0, 0.1) is 11.3 Å². The maximum Gasteiger partial charge on any atom is 0.0992 e. The Balaban J connectivity index is 2.27. The maximum atomic E-state index is 8.93. The summed E-state index contributed by atoms with van der Waals surface area (Å²) in [6.07, 6.45) is 0. The maximum absolute atomic E-state index is 8.93. The standard InChI is InChI=1S/C15H11BrCl2N2/c1-9(12-4-3-11(16)7-14(12)18)20-15-6-10(8-19)2-5-13(15)17/h2-7,9,20H,1H3. The van der Waals surface area contributed by atoms with Crippen molar-refractivity contribution < 1.29 is 0 Å². The number of nitrogens with zero attached hydrogens (tertiary/aromatic N) is 1. The number of halogens is 3. The molecule has 0 aliphatic carbocycles. The van der Waals surface area contributed by atoms with Crippen LogP contribution < -0.4 is 5.32 Å². The Kier molecular flexibility index (Phi) is 4.93. The largest absolute Gasteiger partial charge is 0.377 e. The topological polar surface area (TPSA) is 35.8 Å². The number of rotatable bonds is 3. The predicted octanol–water partition coefficient (Wildman–Crippen LogP) is 5.80. The van der Waals surface area contributed by atoms with Gasteiger partial charge in [-0.15, -0.1) is 0 Å². The molecule has 1 unspecified atom stereocenters. The lowest BCUT2D eigenvalue weighted by Gasteiger charge is -2.18. The Morgan fingerprint density at radius 2 is 1.90 bits per heavy atom. The van der Waals surface area contributed by atoms with E-state index in [0.717, 1.165) is 15.7 Å². The van der Waals surface area contributed by atoms with Crippen molar-refractivity contribution in [3.05, 3.63) is 62.0 Å². The molecule has 0 saturated heterocycles. The van der Waals surface area contributed by atoms with Gasteiger partial charge in [-0.05, 0) is 42.8 Å². The van der Waals surface area contributed by atoms with Crippen LogP contribution in [0.2, 0.25) is 10.0 Å². The van der Waals surface area contributed by atoms with E-state index in [4.69, 9.17) is 28.5 Å². The van der Waals surface area contributed by atoms with Crippen LogP contribution in [0.4, 0.5) is 5.69 Å². The van der Waals surface area contributed by atoms with Crippen molar-refractivity contribution in [3.63, 3.8) is 0 Å². The molecule has 2 nitrogen and oxygen atoms in total. The zero-order valence-electron chi connectivity index (χ0n) is 10.6. The summed E-state index contributed by atoms with van der Waals surface area (Å²) < 4.78 is 0.933. The van der Waals surface area contributed by atoms with Gasteiger partial charge in [0.15, 0.2) is 0 Å². The summed E-state index contributed by atoms with van der Waals surface area (Å²) in [4.78, 5) is 0. The van der Waals surface area contributed by atoms with Gasteiger partial charge < -0.3 is 5.32 Å². The van der Waals surface area contributed by atoms with Crippen LogP contribution in [0.25, 0.3) is 0 Å². The van der Waals surface area contributed by atoms with Gasteiger partial charge in [-0.1, -0.05) is 45.2 Å². The summed E-state index contributed by atoms with van der Waals surface area (Å²) >= 11 is 15.8. The Morgan fingerprint density at radius 1 is 1.15 bits per heavy atom. The van der Waals surface area contributed by atoms with Crippen molar-refractivity contribution in [2.75, 3.05) is 5.32 Å². The zero-order chi connectivity index (χ0) is 14.7. The molecular formula is C15H11BrCl2N2. The van der Waals surface area contributed by atoms with Crippen LogP contribution in [0.15, 0.2) is 40.9 Å². The van der Waals surface area contributed by atoms with Crippen LogP contribution in [0.5, 0.6) is 0 Å². The molecule has 0 radical (unpaired) electrons. The fourth-order valence-electron chi connectivity index (χ4n) is 1.87. The first-order valence-corrected chi connectivity index (χ1v) is 7.47. The second-order valence-electron chi connectivity index (χ2n) is 4.34. The fourth-order valence-corrected chi connectivity index (χ4v) is 2.88. The van der Waals surface area contributed by atoms with Crippen molar-refractivity contribution in [1.82, 2.24) is 0 Å². The molecule has 2 aromatic rings. The normalized spacial score (nSPS) is 11.8. The number of hydrogen-bond donors (Lipinski definition) is 1. The quantitative estimate of drug-likeness (QED) is 0.741. The summed E-state index contributed by atoms with van der Waals surface area (Å²) in [7, 11) is 0. The van der Waals surface area contributed by atoms with Gasteiger partial charge in [-0.25, -0.2) is 0 Å². The number of anilines is 1. The third kappa shape index (κ3) is 3.46. The number of hydrogen-bond acceptors (Lipinski definition) is 2. The van der Waals surface area contributed by atoms with Crippen molar-refractivity contribution >= 4 is 44.8 Å². The summed E-state index contributed by atoms with van der Waals surface area (Å²) in [6.45, 7) is 1.99. The third-order valence-electron chi connectivity index (χ3n) is 2.90. The van der Waals surface area contributed by atoms with Gasteiger partial charge in [0.1, 0.15) is 0 Å². The van der Waals surface area contributed by atoms with Crippen molar-refractivity contribution in [2.45, 2.75) is 13.0 Å². The average Bonchev–Trinajstić information content (AvgIpc) is 2.41. The first-order chi connectivity index (χ1) is 9.51. The van der Waals surface area contributed by atoms with E-state index in [1.807, 2.05) is 25.1 Å². The molecule has 20 heavy (non-hydrogen) atoms. The highest BCUT2D eigenvalue weighted by Crippen LogP contribution is 2.31. The molecule has 2 aromatic carbocycles. The lowest BCUT2D eigenvalue weighted by atomic mass is 10.1. The van der Waals surface area contributed by atoms with Gasteiger partial charge in [-0.3, -0.25) is 0 Å². The first-order valence-electron chi connectivity index (χ1n) is 5.92. The van der Waals surface area contributed by atoms with Crippen LogP contribution in [0.3, 0.4) is 0 Å². The van der Waals surface area contributed by atoms with Crippen molar-refractivity contribution in [1.29, 1.82) is 5.26 Å². The molecule has 0 heterocycles. The number of nitrogens with one attached hydrogen (secondary N) is 1. The highest BCUT2D eigenvalue weighted by Gasteiger charge is 2.12. The molecule has 102 valence electrons. The highest BCUT2D eigenvalue weighted by atomic mass is 79.9. The summed E-state index contributed by atoms with van der Waals surface area (Å²) in [5.74, 6) is 0. The van der Waals surface area contributed by atoms with E-state index in [1.165, 1.54) is 0 Å². The Hall–Kier alpha value is -1.21. The molecule has 5 heteroatoms. The smallest absolute Gasteiger partial charge is 0.0992 e. The van der Waals surface area contributed by atoms with Crippen LogP contribution in [0.1, 0.15) is 24.1 Å². The second kappa shape index (κ2) is 6.49. The molecule has 0 fully saturated rings. The van der Waals surface area contributed by atoms with Crippen LogP contribution >= 0.6 is 39.1 Å². The second-order valence-corrected chi connectivity index (χ2v) is 6.07. The molecule has 2 rings (SSSR count). The molecule has 1 N–H and O–H groups in total. The fraction of sp³-hybridized carbons (Fsp3) is 0.133. The molecule has 0 bridgehead atoms. The summed E-state index contributed by atoms with van der Waals surface area (Å²) in [5.41, 5.74) is 2.25. The number of benzene rings is 2. The van der Waals surface area contributed by atoms with E-state index in [1.54, 1.807) is 18.2 Å². The number of nitriles is 1. The van der Waals surface area contributed by atoms with E-state index in [-0.39, 0.29) is 6.04 Å². The monoisotopic (exact) mass is 368 g/mol. The Morgan fingerprint density at radius 3 is 2.55 bits per heavy atom. The minimum atomic E-state index is -0.0259. The van der Waals surface area contributed by atoms with Crippen molar-refractivity contribution in [2.24, 2.45) is 0 Å². The zero-order valence-corrected chi connectivity index (χ0v) is 13.7. The van der Waals surface area contributed by atoms with Crippen LogP contribution in [-0.2, 0) is 0 Å².